The molecule has 2 atom stereocenters. The minimum atomic E-state index is -0.632. The van der Waals surface area contributed by atoms with E-state index in [9.17, 15) is 19.7 Å². The molecule has 8 nitrogen and oxygen atoms in total. The van der Waals surface area contributed by atoms with E-state index in [2.05, 4.69) is 5.32 Å². The number of carbonyl (C=O) groups is 2. The van der Waals surface area contributed by atoms with Crippen molar-refractivity contribution in [3.05, 3.63) is 39.9 Å². The molecule has 1 aromatic rings. The van der Waals surface area contributed by atoms with Gasteiger partial charge in [0.2, 0.25) is 0 Å². The fourth-order valence-corrected chi connectivity index (χ4v) is 2.30. The summed E-state index contributed by atoms with van der Waals surface area (Å²) < 4.78 is 10.7. The Balaban J connectivity index is 2.79. The van der Waals surface area contributed by atoms with Crippen LogP contribution in [0.15, 0.2) is 24.3 Å². The molecule has 1 unspecified atom stereocenters. The number of hydrogen-bond acceptors (Lipinski definition) is 6. The molecule has 0 aromatic heterocycles. The van der Waals surface area contributed by atoms with Gasteiger partial charge in [-0.25, -0.2) is 9.59 Å². The normalized spacial score (nSPS) is 13.7. The number of rotatable bonds is 6. The summed E-state index contributed by atoms with van der Waals surface area (Å²) in [6, 6.07) is 4.67. The van der Waals surface area contributed by atoms with E-state index in [4.69, 9.17) is 9.47 Å². The molecule has 8 heteroatoms. The van der Waals surface area contributed by atoms with E-state index in [-0.39, 0.29) is 17.2 Å². The van der Waals surface area contributed by atoms with Gasteiger partial charge in [-0.2, -0.15) is 0 Å². The zero-order valence-electron chi connectivity index (χ0n) is 15.9. The minimum Gasteiger partial charge on any atom is -0.456 e. The monoisotopic (exact) mass is 366 g/mol. The maximum atomic E-state index is 12.3. The largest absolute Gasteiger partial charge is 0.456 e. The number of esters is 1. The average Bonchev–Trinajstić information content (AvgIpc) is 2.49. The predicted octanol–water partition coefficient (Wildman–Crippen LogP) is 3.69. The van der Waals surface area contributed by atoms with Crippen molar-refractivity contribution >= 4 is 17.7 Å². The van der Waals surface area contributed by atoms with Gasteiger partial charge in [0.1, 0.15) is 11.7 Å². The average molecular weight is 366 g/mol. The standard InChI is InChI=1S/C18H26N2O6/c1-11(2)15(12(3)19-17(22)26-18(4,5)6)25-16(21)13-7-9-14(10-8-13)20(23)24/h7-12,15H,1-6H3,(H,19,22)/t12-,15?/m0/s1. The van der Waals surface area contributed by atoms with Crippen molar-refractivity contribution in [3.63, 3.8) is 0 Å². The van der Waals surface area contributed by atoms with E-state index in [0.29, 0.717) is 0 Å². The number of ether oxygens (including phenoxy) is 2. The van der Waals surface area contributed by atoms with E-state index in [1.54, 1.807) is 27.7 Å². The first-order valence-electron chi connectivity index (χ1n) is 8.35. The third-order valence-corrected chi connectivity index (χ3v) is 3.45. The number of nitrogens with one attached hydrogen (secondary N) is 1. The highest BCUT2D eigenvalue weighted by Crippen LogP contribution is 2.17. The maximum absolute atomic E-state index is 12.3. The molecule has 0 aliphatic heterocycles. The Morgan fingerprint density at radius 3 is 2.08 bits per heavy atom. The van der Waals surface area contributed by atoms with Crippen LogP contribution in [0.1, 0.15) is 51.9 Å². The summed E-state index contributed by atoms with van der Waals surface area (Å²) in [6.45, 7) is 10.7. The molecule has 0 fully saturated rings. The number of alkyl carbamates (subject to hydrolysis) is 1. The second-order valence-electron chi connectivity index (χ2n) is 7.35. The number of nitro benzene ring substituents is 1. The molecular formula is C18H26N2O6. The van der Waals surface area contributed by atoms with E-state index in [1.165, 1.54) is 24.3 Å². The first kappa shape index (κ1) is 21.4. The summed E-state index contributed by atoms with van der Waals surface area (Å²) in [4.78, 5) is 34.4. The van der Waals surface area contributed by atoms with Gasteiger partial charge in [-0.05, 0) is 45.7 Å². The van der Waals surface area contributed by atoms with E-state index < -0.39 is 34.7 Å². The quantitative estimate of drug-likeness (QED) is 0.467. The highest BCUT2D eigenvalue weighted by atomic mass is 16.6. The van der Waals surface area contributed by atoms with Gasteiger partial charge in [0.05, 0.1) is 16.5 Å². The fraction of sp³-hybridized carbons (Fsp3) is 0.556. The van der Waals surface area contributed by atoms with Crippen molar-refractivity contribution in [1.29, 1.82) is 0 Å². The van der Waals surface area contributed by atoms with Crippen molar-refractivity contribution in [3.8, 4) is 0 Å². The van der Waals surface area contributed by atoms with Crippen LogP contribution in [0, 0.1) is 16.0 Å². The SMILES string of the molecule is CC(C)C(OC(=O)c1ccc([N+](=O)[O-])cc1)[C@H](C)NC(=O)OC(C)(C)C. The molecular weight excluding hydrogens is 340 g/mol. The van der Waals surface area contributed by atoms with Gasteiger partial charge >= 0.3 is 12.1 Å². The second kappa shape index (κ2) is 8.64. The Morgan fingerprint density at radius 1 is 1.12 bits per heavy atom. The number of non-ortho nitro benzene ring substituents is 1. The van der Waals surface area contributed by atoms with Gasteiger partial charge in [-0.3, -0.25) is 10.1 Å². The first-order chi connectivity index (χ1) is 11.9. The van der Waals surface area contributed by atoms with E-state index in [0.717, 1.165) is 0 Å². The lowest BCUT2D eigenvalue weighted by atomic mass is 10.0. The van der Waals surface area contributed by atoms with E-state index >= 15 is 0 Å². The number of nitro groups is 1. The van der Waals surface area contributed by atoms with Crippen LogP contribution in [0.5, 0.6) is 0 Å². The summed E-state index contributed by atoms with van der Waals surface area (Å²) >= 11 is 0. The van der Waals surface area contributed by atoms with Gasteiger partial charge in [0.25, 0.3) is 5.69 Å². The Kier molecular flexibility index (Phi) is 7.11. The van der Waals surface area contributed by atoms with Gasteiger partial charge in [-0.1, -0.05) is 13.8 Å². The molecule has 1 amide bonds. The molecule has 0 radical (unpaired) electrons. The molecule has 144 valence electrons. The Hall–Kier alpha value is -2.64. The van der Waals surface area contributed by atoms with Crippen LogP contribution < -0.4 is 5.32 Å². The molecule has 0 aliphatic carbocycles. The predicted molar refractivity (Wildman–Crippen MR) is 96.0 cm³/mol. The highest BCUT2D eigenvalue weighted by Gasteiger charge is 2.28. The van der Waals surface area contributed by atoms with Crippen LogP contribution in [0.4, 0.5) is 10.5 Å². The third kappa shape index (κ3) is 6.70. The van der Waals surface area contributed by atoms with Crippen molar-refractivity contribution in [1.82, 2.24) is 5.32 Å². The number of benzene rings is 1. The first-order valence-corrected chi connectivity index (χ1v) is 8.35. The molecule has 26 heavy (non-hydrogen) atoms. The van der Waals surface area contributed by atoms with Crippen molar-refractivity contribution in [2.75, 3.05) is 0 Å². The summed E-state index contributed by atoms with van der Waals surface area (Å²) in [6.07, 6.45) is -1.19. The lowest BCUT2D eigenvalue weighted by molar-refractivity contribution is -0.384. The van der Waals surface area contributed by atoms with Crippen molar-refractivity contribution in [2.45, 2.75) is 59.3 Å². The summed E-state index contributed by atoms with van der Waals surface area (Å²) in [5, 5.41) is 13.3. The van der Waals surface area contributed by atoms with Gasteiger partial charge in [0, 0.05) is 12.1 Å². The number of carbonyl (C=O) groups excluding carboxylic acids is 2. The number of nitrogens with zero attached hydrogens (tertiary/aromatic N) is 1. The highest BCUT2D eigenvalue weighted by molar-refractivity contribution is 5.89. The van der Waals surface area contributed by atoms with Gasteiger partial charge in [-0.15, -0.1) is 0 Å². The molecule has 0 spiro atoms. The molecule has 0 bridgehead atoms. The lowest BCUT2D eigenvalue weighted by Crippen LogP contribution is -2.47. The minimum absolute atomic E-state index is 0.0677. The molecule has 0 saturated heterocycles. The third-order valence-electron chi connectivity index (χ3n) is 3.45. The van der Waals surface area contributed by atoms with Crippen LogP contribution in [-0.2, 0) is 9.47 Å². The van der Waals surface area contributed by atoms with Gasteiger partial charge < -0.3 is 14.8 Å². The molecule has 0 saturated carbocycles. The summed E-state index contributed by atoms with van der Waals surface area (Å²) in [5.41, 5.74) is -0.542. The smallest absolute Gasteiger partial charge is 0.407 e. The van der Waals surface area contributed by atoms with Crippen LogP contribution in [0.25, 0.3) is 0 Å². The summed E-state index contributed by atoms with van der Waals surface area (Å²) in [7, 11) is 0. The van der Waals surface area contributed by atoms with Gasteiger partial charge in [0.15, 0.2) is 0 Å². The van der Waals surface area contributed by atoms with Crippen molar-refractivity contribution in [2.24, 2.45) is 5.92 Å². The van der Waals surface area contributed by atoms with Crippen LogP contribution in [0.3, 0.4) is 0 Å². The van der Waals surface area contributed by atoms with Crippen LogP contribution in [0.2, 0.25) is 0 Å². The van der Waals surface area contributed by atoms with Crippen LogP contribution in [-0.4, -0.2) is 34.7 Å². The Morgan fingerprint density at radius 2 is 1.65 bits per heavy atom. The molecule has 0 aliphatic rings. The van der Waals surface area contributed by atoms with Crippen molar-refractivity contribution < 1.29 is 24.0 Å². The fourth-order valence-electron chi connectivity index (χ4n) is 2.30. The Bertz CT molecular complexity index is 649. The number of amides is 1. The molecule has 1 N–H and O–H groups in total. The zero-order chi connectivity index (χ0) is 20.1. The zero-order valence-corrected chi connectivity index (χ0v) is 15.9. The molecule has 1 aromatic carbocycles. The molecule has 1 rings (SSSR count). The topological polar surface area (TPSA) is 108 Å². The maximum Gasteiger partial charge on any atom is 0.407 e. The second-order valence-corrected chi connectivity index (χ2v) is 7.35. The van der Waals surface area contributed by atoms with Crippen LogP contribution >= 0.6 is 0 Å². The molecule has 0 heterocycles. The Labute approximate surface area is 153 Å². The summed E-state index contributed by atoms with van der Waals surface area (Å²) in [5.74, 6) is -0.682. The lowest BCUT2D eigenvalue weighted by Gasteiger charge is -2.29. The number of hydrogen-bond donors (Lipinski definition) is 1. The van der Waals surface area contributed by atoms with E-state index in [1.807, 2.05) is 13.8 Å².